The summed E-state index contributed by atoms with van der Waals surface area (Å²) in [5.74, 6) is 0.348. The predicted molar refractivity (Wildman–Crippen MR) is 88.5 cm³/mol. The fourth-order valence-corrected chi connectivity index (χ4v) is 1.84. The van der Waals surface area contributed by atoms with E-state index in [-0.39, 0.29) is 18.3 Å². The molecule has 0 aliphatic rings. The molecule has 2 aromatic carbocycles. The van der Waals surface area contributed by atoms with Gasteiger partial charge in [0.2, 0.25) is 0 Å². The third-order valence-corrected chi connectivity index (χ3v) is 3.23. The minimum atomic E-state index is -0.375. The second-order valence-corrected chi connectivity index (χ2v) is 5.34. The van der Waals surface area contributed by atoms with Crippen molar-refractivity contribution in [1.82, 2.24) is 5.43 Å². The number of hydrogen-bond acceptors (Lipinski definition) is 4. The van der Waals surface area contributed by atoms with Gasteiger partial charge in [-0.05, 0) is 59.0 Å². The zero-order valence-corrected chi connectivity index (χ0v) is 13.1. The number of carbonyl (C=O) groups is 1. The molecule has 6 heteroatoms. The highest BCUT2D eigenvalue weighted by atomic mass is 127. The molecule has 2 aromatic rings. The molecule has 0 unspecified atom stereocenters. The Balaban J connectivity index is 1.80. The number of phenolic OH excluding ortho intramolecular Hbond substituents is 1. The highest BCUT2D eigenvalue weighted by Gasteiger charge is 2.01. The average molecular weight is 396 g/mol. The number of aromatic hydroxyl groups is 1. The van der Waals surface area contributed by atoms with Crippen molar-refractivity contribution in [3.63, 3.8) is 0 Å². The first kappa shape index (κ1) is 15.3. The van der Waals surface area contributed by atoms with Crippen LogP contribution in [0.25, 0.3) is 0 Å². The van der Waals surface area contributed by atoms with Gasteiger partial charge in [-0.1, -0.05) is 12.1 Å². The molecule has 0 atom stereocenters. The van der Waals surface area contributed by atoms with Crippen molar-refractivity contribution in [3.05, 3.63) is 57.7 Å². The van der Waals surface area contributed by atoms with E-state index in [1.54, 1.807) is 36.4 Å². The molecule has 108 valence electrons. The lowest BCUT2D eigenvalue weighted by Crippen LogP contribution is -2.24. The van der Waals surface area contributed by atoms with Gasteiger partial charge in [0.1, 0.15) is 11.5 Å². The third-order valence-electron chi connectivity index (χ3n) is 2.51. The minimum absolute atomic E-state index is 0.102. The number of hydrazone groups is 1. The normalized spacial score (nSPS) is 10.5. The van der Waals surface area contributed by atoms with Crippen molar-refractivity contribution in [2.75, 3.05) is 6.61 Å². The summed E-state index contributed by atoms with van der Waals surface area (Å²) in [6.45, 7) is -0.126. The number of ether oxygens (including phenoxy) is 1. The van der Waals surface area contributed by atoms with Crippen LogP contribution < -0.4 is 10.2 Å². The first-order chi connectivity index (χ1) is 10.1. The van der Waals surface area contributed by atoms with Crippen molar-refractivity contribution in [3.8, 4) is 11.5 Å². The zero-order chi connectivity index (χ0) is 15.1. The molecule has 0 aliphatic heterocycles. The molecule has 2 N–H and O–H groups in total. The molecule has 0 bridgehead atoms. The third kappa shape index (κ3) is 5.07. The Kier molecular flexibility index (Phi) is 5.56. The van der Waals surface area contributed by atoms with Gasteiger partial charge in [0.25, 0.3) is 5.91 Å². The summed E-state index contributed by atoms with van der Waals surface area (Å²) in [5, 5.41) is 13.3. The van der Waals surface area contributed by atoms with Gasteiger partial charge in [0.15, 0.2) is 6.61 Å². The SMILES string of the molecule is O=C(COc1ccc(I)cc1)N/N=C\c1ccccc1O. The molecule has 0 aliphatic carbocycles. The van der Waals surface area contributed by atoms with Crippen LogP contribution in [0.2, 0.25) is 0 Å². The Morgan fingerprint density at radius 3 is 2.67 bits per heavy atom. The largest absolute Gasteiger partial charge is 0.507 e. The van der Waals surface area contributed by atoms with Crippen molar-refractivity contribution in [2.45, 2.75) is 0 Å². The number of benzene rings is 2. The molecule has 0 spiro atoms. The average Bonchev–Trinajstić information content (AvgIpc) is 2.49. The van der Waals surface area contributed by atoms with Crippen molar-refractivity contribution in [1.29, 1.82) is 0 Å². The van der Waals surface area contributed by atoms with Crippen LogP contribution in [-0.2, 0) is 4.79 Å². The molecule has 1 amide bonds. The number of para-hydroxylation sites is 1. The molecular formula is C15H13IN2O3. The second-order valence-electron chi connectivity index (χ2n) is 4.09. The lowest BCUT2D eigenvalue weighted by Gasteiger charge is -2.04. The number of halogens is 1. The molecule has 21 heavy (non-hydrogen) atoms. The monoisotopic (exact) mass is 396 g/mol. The number of phenols is 1. The van der Waals surface area contributed by atoms with Gasteiger partial charge in [-0.25, -0.2) is 5.43 Å². The fraction of sp³-hybridized carbons (Fsp3) is 0.0667. The molecule has 0 saturated carbocycles. The van der Waals surface area contributed by atoms with Crippen LogP contribution in [0.5, 0.6) is 11.5 Å². The maximum Gasteiger partial charge on any atom is 0.277 e. The summed E-state index contributed by atoms with van der Waals surface area (Å²) in [5.41, 5.74) is 2.86. The van der Waals surface area contributed by atoms with Gasteiger partial charge in [-0.15, -0.1) is 0 Å². The van der Waals surface area contributed by atoms with Gasteiger partial charge in [0, 0.05) is 9.13 Å². The summed E-state index contributed by atoms with van der Waals surface area (Å²) in [4.78, 5) is 11.5. The molecule has 0 radical (unpaired) electrons. The van der Waals surface area contributed by atoms with Crippen LogP contribution in [-0.4, -0.2) is 23.8 Å². The van der Waals surface area contributed by atoms with Gasteiger partial charge < -0.3 is 9.84 Å². The van der Waals surface area contributed by atoms with Gasteiger partial charge in [-0.3, -0.25) is 4.79 Å². The van der Waals surface area contributed by atoms with E-state index in [9.17, 15) is 9.90 Å². The molecule has 0 fully saturated rings. The lowest BCUT2D eigenvalue weighted by atomic mass is 10.2. The molecule has 0 saturated heterocycles. The van der Waals surface area contributed by atoms with Crippen molar-refractivity contribution < 1.29 is 14.6 Å². The fourth-order valence-electron chi connectivity index (χ4n) is 1.48. The number of nitrogens with zero attached hydrogens (tertiary/aromatic N) is 1. The Hall–Kier alpha value is -2.09. The number of rotatable bonds is 5. The number of carbonyl (C=O) groups excluding carboxylic acids is 1. The molecule has 2 rings (SSSR count). The maximum atomic E-state index is 11.5. The summed E-state index contributed by atoms with van der Waals surface area (Å²) in [6.07, 6.45) is 1.37. The second kappa shape index (κ2) is 7.63. The van der Waals surface area contributed by atoms with Gasteiger partial charge in [0.05, 0.1) is 6.21 Å². The summed E-state index contributed by atoms with van der Waals surface area (Å²) < 4.78 is 6.40. The van der Waals surface area contributed by atoms with E-state index in [1.165, 1.54) is 6.21 Å². The van der Waals surface area contributed by atoms with Crippen LogP contribution >= 0.6 is 22.6 Å². The summed E-state index contributed by atoms with van der Waals surface area (Å²) in [7, 11) is 0. The van der Waals surface area contributed by atoms with E-state index in [4.69, 9.17) is 4.74 Å². The smallest absolute Gasteiger partial charge is 0.277 e. The van der Waals surface area contributed by atoms with Crippen LogP contribution in [0.3, 0.4) is 0 Å². The molecule has 5 nitrogen and oxygen atoms in total. The number of nitrogens with one attached hydrogen (secondary N) is 1. The van der Waals surface area contributed by atoms with Crippen LogP contribution in [0.4, 0.5) is 0 Å². The first-order valence-electron chi connectivity index (χ1n) is 6.13. The van der Waals surface area contributed by atoms with E-state index in [1.807, 2.05) is 12.1 Å². The van der Waals surface area contributed by atoms with Gasteiger partial charge >= 0.3 is 0 Å². The van der Waals surface area contributed by atoms with Crippen LogP contribution in [0, 0.1) is 3.57 Å². The highest BCUT2D eigenvalue weighted by molar-refractivity contribution is 14.1. The molecule has 0 heterocycles. The highest BCUT2D eigenvalue weighted by Crippen LogP contribution is 2.13. The maximum absolute atomic E-state index is 11.5. The lowest BCUT2D eigenvalue weighted by molar-refractivity contribution is -0.123. The van der Waals surface area contributed by atoms with Crippen LogP contribution in [0.15, 0.2) is 53.6 Å². The van der Waals surface area contributed by atoms with E-state index in [0.29, 0.717) is 11.3 Å². The van der Waals surface area contributed by atoms with E-state index >= 15 is 0 Å². The van der Waals surface area contributed by atoms with Gasteiger partial charge in [-0.2, -0.15) is 5.10 Å². The Bertz CT molecular complexity index is 642. The Morgan fingerprint density at radius 2 is 1.95 bits per heavy atom. The standard InChI is InChI=1S/C15H13IN2O3/c16-12-5-7-13(8-6-12)21-10-15(20)18-17-9-11-3-1-2-4-14(11)19/h1-9,19H,10H2,(H,18,20)/b17-9-. The summed E-state index contributed by atoms with van der Waals surface area (Å²) in [6, 6.07) is 14.1. The van der Waals surface area contributed by atoms with E-state index in [2.05, 4.69) is 33.1 Å². The first-order valence-corrected chi connectivity index (χ1v) is 7.21. The minimum Gasteiger partial charge on any atom is -0.507 e. The molecular weight excluding hydrogens is 383 g/mol. The van der Waals surface area contributed by atoms with Crippen LogP contribution in [0.1, 0.15) is 5.56 Å². The molecule has 0 aromatic heterocycles. The van der Waals surface area contributed by atoms with Crippen molar-refractivity contribution in [2.24, 2.45) is 5.10 Å². The zero-order valence-electron chi connectivity index (χ0n) is 11.0. The van der Waals surface area contributed by atoms with Crippen molar-refractivity contribution >= 4 is 34.7 Å². The Labute approximate surface area is 135 Å². The number of hydrogen-bond donors (Lipinski definition) is 2. The van der Waals surface area contributed by atoms with E-state index < -0.39 is 0 Å². The quantitative estimate of drug-likeness (QED) is 0.464. The number of amides is 1. The van der Waals surface area contributed by atoms with E-state index in [0.717, 1.165) is 3.57 Å². The topological polar surface area (TPSA) is 70.9 Å². The Morgan fingerprint density at radius 1 is 1.24 bits per heavy atom. The summed E-state index contributed by atoms with van der Waals surface area (Å²) >= 11 is 2.19. The predicted octanol–water partition coefficient (Wildman–Crippen LogP) is 2.53.